The number of ether oxygens (including phenoxy) is 1. The largest absolute Gasteiger partial charge is 0.768 e. The SMILES string of the molecule is COc1ccc(C)c(S(=O)[O-])c1. The first-order valence-electron chi connectivity index (χ1n) is 3.39. The van der Waals surface area contributed by atoms with E-state index in [1.54, 1.807) is 19.1 Å². The molecule has 0 saturated heterocycles. The molecule has 0 fully saturated rings. The zero-order chi connectivity index (χ0) is 9.14. The molecular formula is C8H9O3S-. The standard InChI is InChI=1S/C8H10O3S/c1-6-3-4-7(11-2)5-8(6)12(9)10/h3-5H,1-2H3,(H,9,10)/p-1. The Labute approximate surface area is 73.7 Å². The minimum Gasteiger partial charge on any atom is -0.768 e. The molecule has 1 atom stereocenters. The third-order valence-electron chi connectivity index (χ3n) is 1.57. The second-order valence-corrected chi connectivity index (χ2v) is 3.28. The summed E-state index contributed by atoms with van der Waals surface area (Å²) in [6.45, 7) is 1.74. The lowest BCUT2D eigenvalue weighted by Crippen LogP contribution is -1.93. The van der Waals surface area contributed by atoms with E-state index in [1.165, 1.54) is 13.2 Å². The van der Waals surface area contributed by atoms with Crippen LogP contribution in [0.2, 0.25) is 0 Å². The van der Waals surface area contributed by atoms with Crippen molar-refractivity contribution in [1.29, 1.82) is 0 Å². The van der Waals surface area contributed by atoms with Gasteiger partial charge in [0.15, 0.2) is 0 Å². The highest BCUT2D eigenvalue weighted by molar-refractivity contribution is 7.79. The molecule has 0 bridgehead atoms. The smallest absolute Gasteiger partial charge is 0.120 e. The number of hydrogen-bond donors (Lipinski definition) is 0. The van der Waals surface area contributed by atoms with Crippen LogP contribution in [0.4, 0.5) is 0 Å². The Balaban J connectivity index is 3.17. The predicted octanol–water partition coefficient (Wildman–Crippen LogP) is 1.24. The topological polar surface area (TPSA) is 49.4 Å². The molecule has 0 heterocycles. The molecule has 0 radical (unpaired) electrons. The van der Waals surface area contributed by atoms with Crippen LogP contribution in [0, 0.1) is 6.92 Å². The molecule has 1 aromatic carbocycles. The van der Waals surface area contributed by atoms with E-state index in [2.05, 4.69) is 0 Å². The van der Waals surface area contributed by atoms with E-state index in [-0.39, 0.29) is 4.90 Å². The molecule has 0 aliphatic heterocycles. The molecule has 3 nitrogen and oxygen atoms in total. The van der Waals surface area contributed by atoms with Crippen molar-refractivity contribution in [3.05, 3.63) is 23.8 Å². The summed E-state index contributed by atoms with van der Waals surface area (Å²) in [6, 6.07) is 4.94. The molecule has 0 amide bonds. The number of aryl methyl sites for hydroxylation is 1. The van der Waals surface area contributed by atoms with E-state index in [1.807, 2.05) is 0 Å². The Morgan fingerprint density at radius 3 is 2.67 bits per heavy atom. The summed E-state index contributed by atoms with van der Waals surface area (Å²) in [5, 5.41) is 0. The van der Waals surface area contributed by atoms with Gasteiger partial charge in [-0.15, -0.1) is 0 Å². The Morgan fingerprint density at radius 1 is 1.50 bits per heavy atom. The highest BCUT2D eigenvalue weighted by atomic mass is 32.2. The first-order chi connectivity index (χ1) is 5.65. The zero-order valence-corrected chi connectivity index (χ0v) is 7.68. The van der Waals surface area contributed by atoms with Gasteiger partial charge < -0.3 is 9.29 Å². The first-order valence-corrected chi connectivity index (χ1v) is 4.46. The van der Waals surface area contributed by atoms with Crippen molar-refractivity contribution in [2.24, 2.45) is 0 Å². The minimum atomic E-state index is -2.18. The fourth-order valence-electron chi connectivity index (χ4n) is 0.887. The highest BCUT2D eigenvalue weighted by Gasteiger charge is 1.99. The second-order valence-electron chi connectivity index (χ2n) is 2.37. The van der Waals surface area contributed by atoms with Gasteiger partial charge in [0.2, 0.25) is 0 Å². The van der Waals surface area contributed by atoms with E-state index in [4.69, 9.17) is 4.74 Å². The van der Waals surface area contributed by atoms with E-state index < -0.39 is 11.1 Å². The molecule has 0 aromatic heterocycles. The summed E-state index contributed by atoms with van der Waals surface area (Å²) in [4.78, 5) is 0.286. The van der Waals surface area contributed by atoms with Gasteiger partial charge in [0.25, 0.3) is 0 Å². The molecule has 0 N–H and O–H groups in total. The normalized spacial score (nSPS) is 12.6. The van der Waals surface area contributed by atoms with Crippen molar-refractivity contribution >= 4 is 11.1 Å². The second kappa shape index (κ2) is 3.69. The summed E-state index contributed by atoms with van der Waals surface area (Å²) >= 11 is -2.18. The predicted molar refractivity (Wildman–Crippen MR) is 44.9 cm³/mol. The van der Waals surface area contributed by atoms with Crippen LogP contribution >= 0.6 is 0 Å². The van der Waals surface area contributed by atoms with Crippen molar-refractivity contribution in [3.63, 3.8) is 0 Å². The highest BCUT2D eigenvalue weighted by Crippen LogP contribution is 2.18. The van der Waals surface area contributed by atoms with Gasteiger partial charge in [-0.25, -0.2) is 0 Å². The van der Waals surface area contributed by atoms with E-state index in [9.17, 15) is 8.76 Å². The Bertz CT molecular complexity index is 309. The Hall–Kier alpha value is -0.870. The molecule has 66 valence electrons. The maximum absolute atomic E-state index is 10.6. The summed E-state index contributed by atoms with van der Waals surface area (Å²) in [7, 11) is 1.50. The average molecular weight is 185 g/mol. The lowest BCUT2D eigenvalue weighted by molar-refractivity contribution is 0.413. The van der Waals surface area contributed by atoms with Crippen LogP contribution in [0.15, 0.2) is 23.1 Å². The molecule has 4 heteroatoms. The minimum absolute atomic E-state index is 0.286. The molecular weight excluding hydrogens is 176 g/mol. The van der Waals surface area contributed by atoms with Crippen LogP contribution in [-0.2, 0) is 11.1 Å². The lowest BCUT2D eigenvalue weighted by atomic mass is 10.2. The van der Waals surface area contributed by atoms with Crippen LogP contribution in [0.25, 0.3) is 0 Å². The number of rotatable bonds is 2. The molecule has 12 heavy (non-hydrogen) atoms. The number of methoxy groups -OCH3 is 1. The molecule has 0 aliphatic carbocycles. The van der Waals surface area contributed by atoms with E-state index >= 15 is 0 Å². The maximum atomic E-state index is 10.6. The molecule has 1 aromatic rings. The maximum Gasteiger partial charge on any atom is 0.120 e. The average Bonchev–Trinajstić information content (AvgIpc) is 2.05. The molecule has 1 unspecified atom stereocenters. The van der Waals surface area contributed by atoms with Crippen molar-refractivity contribution in [1.82, 2.24) is 0 Å². The van der Waals surface area contributed by atoms with Crippen LogP contribution in [-0.4, -0.2) is 15.9 Å². The fraction of sp³-hybridized carbons (Fsp3) is 0.250. The van der Waals surface area contributed by atoms with Crippen molar-refractivity contribution in [3.8, 4) is 5.75 Å². The summed E-state index contributed by atoms with van der Waals surface area (Å²) in [5.74, 6) is 0.555. The van der Waals surface area contributed by atoms with Gasteiger partial charge in [-0.3, -0.25) is 4.21 Å². The van der Waals surface area contributed by atoms with Gasteiger partial charge in [0.05, 0.1) is 7.11 Å². The van der Waals surface area contributed by atoms with Gasteiger partial charge in [0, 0.05) is 4.90 Å². The zero-order valence-electron chi connectivity index (χ0n) is 6.87. The summed E-state index contributed by atoms with van der Waals surface area (Å²) in [6.07, 6.45) is 0. The lowest BCUT2D eigenvalue weighted by Gasteiger charge is -2.09. The Morgan fingerprint density at radius 2 is 2.17 bits per heavy atom. The fourth-order valence-corrected chi connectivity index (χ4v) is 1.43. The van der Waals surface area contributed by atoms with Crippen molar-refractivity contribution in [2.45, 2.75) is 11.8 Å². The number of hydrogen-bond acceptors (Lipinski definition) is 3. The van der Waals surface area contributed by atoms with E-state index in [0.29, 0.717) is 5.75 Å². The van der Waals surface area contributed by atoms with Gasteiger partial charge in [-0.05, 0) is 35.7 Å². The molecule has 1 rings (SSSR count). The van der Waals surface area contributed by atoms with Gasteiger partial charge in [-0.1, -0.05) is 6.07 Å². The van der Waals surface area contributed by atoms with Gasteiger partial charge >= 0.3 is 0 Å². The van der Waals surface area contributed by atoms with Crippen molar-refractivity contribution < 1.29 is 13.5 Å². The molecule has 0 spiro atoms. The van der Waals surface area contributed by atoms with Gasteiger partial charge in [0.1, 0.15) is 5.75 Å². The summed E-state index contributed by atoms with van der Waals surface area (Å²) < 4.78 is 26.2. The Kier molecular flexibility index (Phi) is 2.83. The summed E-state index contributed by atoms with van der Waals surface area (Å²) in [5.41, 5.74) is 0.726. The third-order valence-corrected chi connectivity index (χ3v) is 2.37. The monoisotopic (exact) mass is 185 g/mol. The molecule has 0 aliphatic rings. The molecule has 0 saturated carbocycles. The van der Waals surface area contributed by atoms with E-state index in [0.717, 1.165) is 5.56 Å². The quantitative estimate of drug-likeness (QED) is 0.651. The van der Waals surface area contributed by atoms with Gasteiger partial charge in [-0.2, -0.15) is 0 Å². The van der Waals surface area contributed by atoms with Crippen LogP contribution < -0.4 is 4.74 Å². The van der Waals surface area contributed by atoms with Crippen LogP contribution in [0.3, 0.4) is 0 Å². The van der Waals surface area contributed by atoms with Crippen molar-refractivity contribution in [2.75, 3.05) is 7.11 Å². The van der Waals surface area contributed by atoms with Crippen LogP contribution in [0.5, 0.6) is 5.75 Å². The third kappa shape index (κ3) is 1.84. The number of benzene rings is 1. The first kappa shape index (κ1) is 9.22. The van der Waals surface area contributed by atoms with Crippen LogP contribution in [0.1, 0.15) is 5.56 Å².